The summed E-state index contributed by atoms with van der Waals surface area (Å²) in [5, 5.41) is 8.34. The number of ether oxygens (including phenoxy) is 2. The Bertz CT molecular complexity index is 512. The fourth-order valence-corrected chi connectivity index (χ4v) is 3.07. The number of piperazine rings is 1. The third kappa shape index (κ3) is 3.53. The molecule has 0 bridgehead atoms. The maximum Gasteiger partial charge on any atom is 0.161 e. The SMILES string of the molecule is CCCN1CCN(C(=N)CC2COc3ccccc3O2)CC1. The van der Waals surface area contributed by atoms with Crippen LogP contribution in [0.3, 0.4) is 0 Å². The van der Waals surface area contributed by atoms with Crippen molar-refractivity contribution in [2.75, 3.05) is 39.3 Å². The van der Waals surface area contributed by atoms with Gasteiger partial charge in [0.1, 0.15) is 12.7 Å². The third-order valence-corrected chi connectivity index (χ3v) is 4.28. The van der Waals surface area contributed by atoms with Crippen molar-refractivity contribution in [1.82, 2.24) is 9.80 Å². The molecule has 1 saturated heterocycles. The van der Waals surface area contributed by atoms with Crippen LogP contribution in [-0.4, -0.2) is 61.1 Å². The minimum Gasteiger partial charge on any atom is -0.486 e. The monoisotopic (exact) mass is 303 g/mol. The zero-order valence-electron chi connectivity index (χ0n) is 13.3. The van der Waals surface area contributed by atoms with Crippen molar-refractivity contribution in [3.63, 3.8) is 0 Å². The lowest BCUT2D eigenvalue weighted by atomic mass is 10.2. The molecule has 3 rings (SSSR count). The molecule has 0 radical (unpaired) electrons. The van der Waals surface area contributed by atoms with Crippen molar-refractivity contribution < 1.29 is 9.47 Å². The summed E-state index contributed by atoms with van der Waals surface area (Å²) in [7, 11) is 0. The van der Waals surface area contributed by atoms with Crippen molar-refractivity contribution >= 4 is 5.84 Å². The van der Waals surface area contributed by atoms with E-state index in [1.54, 1.807) is 0 Å². The highest BCUT2D eigenvalue weighted by molar-refractivity contribution is 5.79. The van der Waals surface area contributed by atoms with Gasteiger partial charge in [0.05, 0.1) is 5.84 Å². The molecule has 1 aromatic rings. The zero-order valence-corrected chi connectivity index (χ0v) is 13.3. The average molecular weight is 303 g/mol. The Morgan fingerprint density at radius 3 is 2.64 bits per heavy atom. The Balaban J connectivity index is 1.49. The van der Waals surface area contributed by atoms with Gasteiger partial charge in [-0.05, 0) is 25.1 Å². The number of para-hydroxylation sites is 2. The van der Waals surface area contributed by atoms with Crippen LogP contribution in [0.5, 0.6) is 11.5 Å². The van der Waals surface area contributed by atoms with E-state index in [1.165, 1.54) is 6.42 Å². The van der Waals surface area contributed by atoms with Gasteiger partial charge in [0.25, 0.3) is 0 Å². The zero-order chi connectivity index (χ0) is 15.4. The van der Waals surface area contributed by atoms with E-state index in [9.17, 15) is 0 Å². The van der Waals surface area contributed by atoms with E-state index >= 15 is 0 Å². The van der Waals surface area contributed by atoms with Crippen LogP contribution in [0.1, 0.15) is 19.8 Å². The lowest BCUT2D eigenvalue weighted by molar-refractivity contribution is 0.0920. The van der Waals surface area contributed by atoms with E-state index in [1.807, 2.05) is 24.3 Å². The first-order chi connectivity index (χ1) is 10.8. The van der Waals surface area contributed by atoms with Crippen LogP contribution >= 0.6 is 0 Å². The van der Waals surface area contributed by atoms with Gasteiger partial charge in [0.15, 0.2) is 11.5 Å². The van der Waals surface area contributed by atoms with E-state index in [4.69, 9.17) is 14.9 Å². The first-order valence-corrected chi connectivity index (χ1v) is 8.19. The second kappa shape index (κ2) is 7.01. The molecule has 2 aliphatic rings. The smallest absolute Gasteiger partial charge is 0.161 e. The summed E-state index contributed by atoms with van der Waals surface area (Å²) < 4.78 is 11.7. The molecule has 0 amide bonds. The van der Waals surface area contributed by atoms with Crippen molar-refractivity contribution in [2.45, 2.75) is 25.9 Å². The summed E-state index contributed by atoms with van der Waals surface area (Å²) in [6.07, 6.45) is 1.75. The van der Waals surface area contributed by atoms with E-state index in [2.05, 4.69) is 16.7 Å². The Labute approximate surface area is 132 Å². The number of hydrogen-bond donors (Lipinski definition) is 1. The molecule has 0 aliphatic carbocycles. The van der Waals surface area contributed by atoms with Gasteiger partial charge < -0.3 is 14.4 Å². The van der Waals surface area contributed by atoms with Gasteiger partial charge in [0, 0.05) is 32.6 Å². The predicted molar refractivity (Wildman–Crippen MR) is 87.0 cm³/mol. The maximum absolute atomic E-state index is 8.34. The van der Waals surface area contributed by atoms with Crippen LogP contribution in [0, 0.1) is 5.41 Å². The number of fused-ring (bicyclic) bond motifs is 1. The van der Waals surface area contributed by atoms with Gasteiger partial charge in [-0.3, -0.25) is 10.3 Å². The number of benzene rings is 1. The fraction of sp³-hybridized carbons (Fsp3) is 0.588. The predicted octanol–water partition coefficient (Wildman–Crippen LogP) is 2.22. The molecule has 2 heterocycles. The lowest BCUT2D eigenvalue weighted by Crippen LogP contribution is -2.49. The summed E-state index contributed by atoms with van der Waals surface area (Å²) in [5.74, 6) is 2.27. The molecule has 1 atom stereocenters. The third-order valence-electron chi connectivity index (χ3n) is 4.28. The minimum atomic E-state index is -0.0592. The van der Waals surface area contributed by atoms with Crippen molar-refractivity contribution in [2.24, 2.45) is 0 Å². The fourth-order valence-electron chi connectivity index (χ4n) is 3.07. The molecule has 1 unspecified atom stereocenters. The molecule has 1 fully saturated rings. The molecule has 0 spiro atoms. The molecule has 5 heteroatoms. The summed E-state index contributed by atoms with van der Waals surface area (Å²) >= 11 is 0. The van der Waals surface area contributed by atoms with Crippen LogP contribution < -0.4 is 9.47 Å². The van der Waals surface area contributed by atoms with Crippen LogP contribution in [0.2, 0.25) is 0 Å². The van der Waals surface area contributed by atoms with E-state index in [0.717, 1.165) is 44.2 Å². The highest BCUT2D eigenvalue weighted by atomic mass is 16.6. The Morgan fingerprint density at radius 1 is 1.18 bits per heavy atom. The van der Waals surface area contributed by atoms with E-state index in [0.29, 0.717) is 18.9 Å². The van der Waals surface area contributed by atoms with Gasteiger partial charge in [-0.2, -0.15) is 0 Å². The largest absolute Gasteiger partial charge is 0.486 e. The average Bonchev–Trinajstić information content (AvgIpc) is 2.56. The van der Waals surface area contributed by atoms with Crippen molar-refractivity contribution in [3.8, 4) is 11.5 Å². The molecule has 5 nitrogen and oxygen atoms in total. The second-order valence-corrected chi connectivity index (χ2v) is 5.98. The van der Waals surface area contributed by atoms with Gasteiger partial charge in [0.2, 0.25) is 0 Å². The summed E-state index contributed by atoms with van der Waals surface area (Å²) in [6, 6.07) is 7.74. The first-order valence-electron chi connectivity index (χ1n) is 8.19. The van der Waals surface area contributed by atoms with Crippen LogP contribution in [0.15, 0.2) is 24.3 Å². The van der Waals surface area contributed by atoms with Crippen LogP contribution in [-0.2, 0) is 0 Å². The Hall–Kier alpha value is -1.75. The lowest BCUT2D eigenvalue weighted by Gasteiger charge is -2.37. The maximum atomic E-state index is 8.34. The molecule has 22 heavy (non-hydrogen) atoms. The van der Waals surface area contributed by atoms with E-state index in [-0.39, 0.29) is 6.10 Å². The quantitative estimate of drug-likeness (QED) is 0.684. The van der Waals surface area contributed by atoms with E-state index < -0.39 is 0 Å². The van der Waals surface area contributed by atoms with Gasteiger partial charge >= 0.3 is 0 Å². The summed E-state index contributed by atoms with van der Waals surface area (Å²) in [4.78, 5) is 4.65. The number of nitrogens with one attached hydrogen (secondary N) is 1. The van der Waals surface area contributed by atoms with Crippen LogP contribution in [0.4, 0.5) is 0 Å². The van der Waals surface area contributed by atoms with Gasteiger partial charge in [-0.15, -0.1) is 0 Å². The Morgan fingerprint density at radius 2 is 1.91 bits per heavy atom. The highest BCUT2D eigenvalue weighted by Gasteiger charge is 2.25. The van der Waals surface area contributed by atoms with Crippen LogP contribution in [0.25, 0.3) is 0 Å². The number of amidine groups is 1. The highest BCUT2D eigenvalue weighted by Crippen LogP contribution is 2.31. The van der Waals surface area contributed by atoms with Crippen molar-refractivity contribution in [1.29, 1.82) is 5.41 Å². The molecule has 1 aromatic carbocycles. The number of rotatable bonds is 4. The summed E-state index contributed by atoms with van der Waals surface area (Å²) in [6.45, 7) is 7.91. The number of nitrogens with zero attached hydrogens (tertiary/aromatic N) is 2. The topological polar surface area (TPSA) is 48.8 Å². The normalized spacial score (nSPS) is 21.7. The molecule has 2 aliphatic heterocycles. The molecular weight excluding hydrogens is 278 g/mol. The molecule has 120 valence electrons. The molecule has 0 aromatic heterocycles. The first kappa shape index (κ1) is 15.2. The van der Waals surface area contributed by atoms with Gasteiger partial charge in [-0.1, -0.05) is 19.1 Å². The van der Waals surface area contributed by atoms with Crippen molar-refractivity contribution in [3.05, 3.63) is 24.3 Å². The number of hydrogen-bond acceptors (Lipinski definition) is 4. The molecule has 1 N–H and O–H groups in total. The summed E-state index contributed by atoms with van der Waals surface area (Å²) in [5.41, 5.74) is 0. The Kier molecular flexibility index (Phi) is 4.83. The van der Waals surface area contributed by atoms with Gasteiger partial charge in [-0.25, -0.2) is 0 Å². The second-order valence-electron chi connectivity index (χ2n) is 5.98. The molecule has 0 saturated carbocycles. The minimum absolute atomic E-state index is 0.0592. The molecular formula is C17H25N3O2. The standard InChI is InChI=1S/C17H25N3O2/c1-2-7-19-8-10-20(11-9-19)17(18)12-14-13-21-15-5-3-4-6-16(15)22-14/h3-6,14,18H,2,7-13H2,1H3.